The molecule has 3 aliphatic rings. The molecule has 40 heavy (non-hydrogen) atoms. The third-order valence-corrected chi connectivity index (χ3v) is 7.30. The van der Waals surface area contributed by atoms with Crippen molar-refractivity contribution in [2.45, 2.75) is 125 Å². The van der Waals surface area contributed by atoms with Crippen LogP contribution in [0.1, 0.15) is 32.6 Å². The molecule has 0 spiro atoms. The first kappa shape index (κ1) is 33.6. The van der Waals surface area contributed by atoms with Crippen molar-refractivity contribution in [3.05, 3.63) is 12.7 Å². The smallest absolute Gasteiger partial charge is 0.187 e. The van der Waals surface area contributed by atoms with Crippen LogP contribution in [0.3, 0.4) is 0 Å². The highest BCUT2D eigenvalue weighted by Gasteiger charge is 2.48. The molecule has 0 radical (unpaired) electrons. The zero-order valence-electron chi connectivity index (χ0n) is 22.4. The van der Waals surface area contributed by atoms with Crippen LogP contribution >= 0.6 is 0 Å². The summed E-state index contributed by atoms with van der Waals surface area (Å²) in [5, 5.41) is 91.6. The minimum atomic E-state index is -1.74. The van der Waals surface area contributed by atoms with Crippen LogP contribution in [0.5, 0.6) is 0 Å². The second-order valence-electron chi connectivity index (χ2n) is 10.4. The summed E-state index contributed by atoms with van der Waals surface area (Å²) in [5.41, 5.74) is 0. The molecule has 15 unspecified atom stereocenters. The molecule has 3 heterocycles. The Morgan fingerprint density at radius 3 is 1.80 bits per heavy atom. The first-order valence-corrected chi connectivity index (χ1v) is 13.6. The van der Waals surface area contributed by atoms with Gasteiger partial charge in [0.2, 0.25) is 0 Å². The topological polar surface area (TPSA) is 237 Å². The fraction of sp³-hybridized carbons (Fsp3) is 0.920. The van der Waals surface area contributed by atoms with Crippen LogP contribution < -0.4 is 0 Å². The Bertz CT molecular complexity index is 760. The van der Waals surface area contributed by atoms with E-state index in [1.54, 1.807) is 6.08 Å². The highest BCUT2D eigenvalue weighted by Crippen LogP contribution is 2.28. The third-order valence-electron chi connectivity index (χ3n) is 7.30. The molecule has 3 aliphatic heterocycles. The normalized spacial score (nSPS) is 45.2. The predicted molar refractivity (Wildman–Crippen MR) is 132 cm³/mol. The van der Waals surface area contributed by atoms with E-state index in [0.717, 1.165) is 19.3 Å². The van der Waals surface area contributed by atoms with Crippen LogP contribution in [0.25, 0.3) is 0 Å². The summed E-state index contributed by atoms with van der Waals surface area (Å²) in [6, 6.07) is 0. The van der Waals surface area contributed by atoms with Crippen LogP contribution in [0, 0.1) is 0 Å². The van der Waals surface area contributed by atoms with E-state index in [-0.39, 0.29) is 6.61 Å². The molecular weight excluding hydrogens is 540 g/mol. The van der Waals surface area contributed by atoms with Gasteiger partial charge in [0, 0.05) is 0 Å². The van der Waals surface area contributed by atoms with Crippen molar-refractivity contribution in [1.29, 1.82) is 0 Å². The van der Waals surface area contributed by atoms with Crippen molar-refractivity contribution < 1.29 is 74.4 Å². The summed E-state index contributed by atoms with van der Waals surface area (Å²) in [6.45, 7) is 4.51. The monoisotopic (exact) mass is 584 g/mol. The number of ether oxygens (including phenoxy) is 6. The lowest BCUT2D eigenvalue weighted by Gasteiger charge is -2.43. The van der Waals surface area contributed by atoms with Gasteiger partial charge in [-0.05, 0) is 6.42 Å². The minimum Gasteiger partial charge on any atom is -0.388 e. The first-order chi connectivity index (χ1) is 19.0. The molecule has 0 saturated carbocycles. The fourth-order valence-electron chi connectivity index (χ4n) is 4.67. The zero-order valence-corrected chi connectivity index (χ0v) is 22.4. The molecular formula is C25H44O15. The number of unbranched alkanes of at least 4 members (excludes halogenated alkanes) is 2. The lowest BCUT2D eigenvalue weighted by Crippen LogP contribution is -2.62. The SMILES string of the molecule is C=CC(CCCCC)OC1OC(COC2OC(COC3OCC(O)C(O)C3O)C(O)C(O)C2O)C(O)C(O)C1O. The molecule has 15 atom stereocenters. The molecule has 0 aromatic rings. The van der Waals surface area contributed by atoms with Crippen molar-refractivity contribution in [1.82, 2.24) is 0 Å². The molecule has 3 rings (SSSR count). The molecule has 234 valence electrons. The molecule has 9 N–H and O–H groups in total. The molecule has 3 saturated heterocycles. The number of rotatable bonds is 13. The van der Waals surface area contributed by atoms with E-state index in [9.17, 15) is 46.0 Å². The maximum Gasteiger partial charge on any atom is 0.187 e. The maximum atomic E-state index is 10.4. The van der Waals surface area contributed by atoms with E-state index in [1.807, 2.05) is 0 Å². The van der Waals surface area contributed by atoms with Crippen LogP contribution in [0.4, 0.5) is 0 Å². The van der Waals surface area contributed by atoms with Gasteiger partial charge in [-0.1, -0.05) is 32.3 Å². The number of hydrogen-bond donors (Lipinski definition) is 9. The molecule has 3 fully saturated rings. The van der Waals surface area contributed by atoms with Crippen LogP contribution in [-0.4, -0.2) is 158 Å². The zero-order chi connectivity index (χ0) is 29.6. The maximum absolute atomic E-state index is 10.4. The average Bonchev–Trinajstić information content (AvgIpc) is 2.94. The van der Waals surface area contributed by atoms with Crippen molar-refractivity contribution in [2.75, 3.05) is 19.8 Å². The lowest BCUT2D eigenvalue weighted by atomic mass is 9.98. The lowest BCUT2D eigenvalue weighted by molar-refractivity contribution is -0.340. The quantitative estimate of drug-likeness (QED) is 0.0746. The van der Waals surface area contributed by atoms with Crippen LogP contribution in [-0.2, 0) is 28.4 Å². The predicted octanol–water partition coefficient (Wildman–Crippen LogP) is -3.77. The summed E-state index contributed by atoms with van der Waals surface area (Å²) in [4.78, 5) is 0. The van der Waals surface area contributed by atoms with E-state index in [0.29, 0.717) is 6.42 Å². The van der Waals surface area contributed by atoms with Gasteiger partial charge in [-0.2, -0.15) is 0 Å². The second kappa shape index (κ2) is 15.6. The molecule has 0 aromatic carbocycles. The summed E-state index contributed by atoms with van der Waals surface area (Å²) in [7, 11) is 0. The van der Waals surface area contributed by atoms with E-state index < -0.39 is 105 Å². The van der Waals surface area contributed by atoms with Gasteiger partial charge in [-0.3, -0.25) is 0 Å². The van der Waals surface area contributed by atoms with Crippen molar-refractivity contribution in [3.63, 3.8) is 0 Å². The molecule has 0 amide bonds. The third kappa shape index (κ3) is 8.15. The Morgan fingerprint density at radius 2 is 1.23 bits per heavy atom. The first-order valence-electron chi connectivity index (χ1n) is 13.6. The van der Waals surface area contributed by atoms with Crippen molar-refractivity contribution >= 4 is 0 Å². The molecule has 0 aliphatic carbocycles. The highest BCUT2D eigenvalue weighted by molar-refractivity contribution is 4.93. The van der Waals surface area contributed by atoms with E-state index in [1.165, 1.54) is 0 Å². The van der Waals surface area contributed by atoms with Gasteiger partial charge in [-0.25, -0.2) is 0 Å². The summed E-state index contributed by atoms with van der Waals surface area (Å²) in [5.74, 6) is 0. The molecule has 0 bridgehead atoms. The van der Waals surface area contributed by atoms with Gasteiger partial charge >= 0.3 is 0 Å². The number of aliphatic hydroxyl groups is 9. The molecule has 15 heteroatoms. The fourth-order valence-corrected chi connectivity index (χ4v) is 4.67. The van der Waals surface area contributed by atoms with Gasteiger partial charge in [0.15, 0.2) is 18.9 Å². The highest BCUT2D eigenvalue weighted by atomic mass is 16.7. The van der Waals surface area contributed by atoms with Crippen LogP contribution in [0.15, 0.2) is 12.7 Å². The van der Waals surface area contributed by atoms with E-state index in [2.05, 4.69) is 13.5 Å². The average molecular weight is 585 g/mol. The van der Waals surface area contributed by atoms with E-state index >= 15 is 0 Å². The summed E-state index contributed by atoms with van der Waals surface area (Å²) in [6.07, 6.45) is -16.6. The van der Waals surface area contributed by atoms with Gasteiger partial charge < -0.3 is 74.4 Å². The molecule has 15 nitrogen and oxygen atoms in total. The summed E-state index contributed by atoms with van der Waals surface area (Å²) < 4.78 is 33.0. The summed E-state index contributed by atoms with van der Waals surface area (Å²) >= 11 is 0. The van der Waals surface area contributed by atoms with Gasteiger partial charge in [0.25, 0.3) is 0 Å². The minimum absolute atomic E-state index is 0.314. The Hall–Kier alpha value is -0.860. The molecule has 0 aromatic heterocycles. The standard InChI is InChI=1S/C25H44O15/c1-3-5-6-7-11(4-2)38-25-22(34)19(31)17(29)14(40-25)10-37-24-21(33)18(30)16(28)13(39-24)9-36-23-20(32)15(27)12(26)8-35-23/h4,11-34H,2-3,5-10H2,1H3. The number of hydrogen-bond acceptors (Lipinski definition) is 15. The van der Waals surface area contributed by atoms with Gasteiger partial charge in [0.05, 0.1) is 25.9 Å². The van der Waals surface area contributed by atoms with Crippen molar-refractivity contribution in [3.8, 4) is 0 Å². The van der Waals surface area contributed by atoms with Gasteiger partial charge in [-0.15, -0.1) is 6.58 Å². The Balaban J connectivity index is 1.57. The Morgan fingerprint density at radius 1 is 0.700 bits per heavy atom. The second-order valence-corrected chi connectivity index (χ2v) is 10.4. The number of aliphatic hydroxyl groups excluding tert-OH is 9. The Labute approximate surface area is 232 Å². The van der Waals surface area contributed by atoms with E-state index in [4.69, 9.17) is 28.4 Å². The van der Waals surface area contributed by atoms with Gasteiger partial charge in [0.1, 0.15) is 67.1 Å². The Kier molecular flexibility index (Phi) is 13.1. The van der Waals surface area contributed by atoms with Crippen LogP contribution in [0.2, 0.25) is 0 Å². The largest absolute Gasteiger partial charge is 0.388 e. The van der Waals surface area contributed by atoms with Crippen molar-refractivity contribution in [2.24, 2.45) is 0 Å².